The molecule has 19 heavy (non-hydrogen) atoms. The third-order valence-electron chi connectivity index (χ3n) is 2.78. The van der Waals surface area contributed by atoms with Crippen molar-refractivity contribution in [1.82, 2.24) is 15.5 Å². The minimum atomic E-state index is -0.638. The van der Waals surface area contributed by atoms with E-state index in [0.717, 1.165) is 0 Å². The van der Waals surface area contributed by atoms with Crippen LogP contribution in [0.1, 0.15) is 20.8 Å². The summed E-state index contributed by atoms with van der Waals surface area (Å²) in [6, 6.07) is -0.638. The molecule has 0 spiro atoms. The van der Waals surface area contributed by atoms with E-state index < -0.39 is 11.9 Å². The van der Waals surface area contributed by atoms with Gasteiger partial charge in [-0.15, -0.1) is 0 Å². The van der Waals surface area contributed by atoms with Crippen LogP contribution in [0.2, 0.25) is 0 Å². The number of rotatable bonds is 7. The summed E-state index contributed by atoms with van der Waals surface area (Å²) < 4.78 is 0. The lowest BCUT2D eigenvalue weighted by atomic mass is 10.1. The van der Waals surface area contributed by atoms with Crippen molar-refractivity contribution in [3.63, 3.8) is 0 Å². The first kappa shape index (κ1) is 17.4. The Kier molecular flexibility index (Phi) is 7.74. The van der Waals surface area contributed by atoms with Gasteiger partial charge in [0.1, 0.15) is 0 Å². The van der Waals surface area contributed by atoms with Gasteiger partial charge in [-0.2, -0.15) is 0 Å². The van der Waals surface area contributed by atoms with Crippen LogP contribution in [0.25, 0.3) is 0 Å². The molecule has 3 amide bonds. The average Bonchev–Trinajstić information content (AvgIpc) is 2.39. The zero-order valence-electron chi connectivity index (χ0n) is 12.0. The summed E-state index contributed by atoms with van der Waals surface area (Å²) in [5.41, 5.74) is 5.62. The number of amides is 3. The fourth-order valence-electron chi connectivity index (χ4n) is 1.14. The van der Waals surface area contributed by atoms with Gasteiger partial charge in [0.2, 0.25) is 17.7 Å². The summed E-state index contributed by atoms with van der Waals surface area (Å²) in [5.74, 6) is -0.965. The maximum Gasteiger partial charge on any atom is 0.241 e. The van der Waals surface area contributed by atoms with Crippen molar-refractivity contribution in [3.8, 4) is 0 Å². The lowest BCUT2D eigenvalue weighted by Crippen LogP contribution is -2.48. The van der Waals surface area contributed by atoms with Crippen LogP contribution in [0.5, 0.6) is 0 Å². The van der Waals surface area contributed by atoms with Crippen molar-refractivity contribution in [2.45, 2.75) is 26.8 Å². The van der Waals surface area contributed by atoms with E-state index in [4.69, 9.17) is 5.73 Å². The standard InChI is InChI=1S/C12H24N4O3/c1-5-16(4)10(18)7-14-9(17)6-15-12(19)11(13)8(2)3/h8,11H,5-7,13H2,1-4H3,(H,14,17)(H,15,19)/t11-/m0/s1. The van der Waals surface area contributed by atoms with Gasteiger partial charge < -0.3 is 21.3 Å². The summed E-state index contributed by atoms with van der Waals surface area (Å²) in [4.78, 5) is 35.8. The van der Waals surface area contributed by atoms with E-state index in [1.165, 1.54) is 4.90 Å². The smallest absolute Gasteiger partial charge is 0.241 e. The molecule has 0 aliphatic rings. The van der Waals surface area contributed by atoms with Crippen LogP contribution in [0.3, 0.4) is 0 Å². The Morgan fingerprint density at radius 3 is 2.21 bits per heavy atom. The first-order chi connectivity index (χ1) is 8.79. The van der Waals surface area contributed by atoms with Gasteiger partial charge in [-0.3, -0.25) is 14.4 Å². The molecule has 0 aliphatic carbocycles. The Morgan fingerprint density at radius 2 is 1.74 bits per heavy atom. The van der Waals surface area contributed by atoms with E-state index in [2.05, 4.69) is 10.6 Å². The first-order valence-electron chi connectivity index (χ1n) is 6.33. The number of nitrogens with zero attached hydrogens (tertiary/aromatic N) is 1. The number of carbonyl (C=O) groups is 3. The SMILES string of the molecule is CCN(C)C(=O)CNC(=O)CNC(=O)[C@@H](N)C(C)C. The Hall–Kier alpha value is -1.63. The number of nitrogens with two attached hydrogens (primary N) is 1. The zero-order valence-corrected chi connectivity index (χ0v) is 12.0. The molecule has 0 radical (unpaired) electrons. The third-order valence-corrected chi connectivity index (χ3v) is 2.78. The second-order valence-electron chi connectivity index (χ2n) is 4.67. The van der Waals surface area contributed by atoms with E-state index in [1.807, 2.05) is 20.8 Å². The van der Waals surface area contributed by atoms with Crippen molar-refractivity contribution in [1.29, 1.82) is 0 Å². The summed E-state index contributed by atoms with van der Waals surface area (Å²) in [7, 11) is 1.65. The predicted octanol–water partition coefficient (Wildman–Crippen LogP) is -1.32. The molecule has 0 rings (SSSR count). The lowest BCUT2D eigenvalue weighted by Gasteiger charge is -2.16. The molecule has 7 heteroatoms. The fourth-order valence-corrected chi connectivity index (χ4v) is 1.14. The van der Waals surface area contributed by atoms with Crippen molar-refractivity contribution >= 4 is 17.7 Å². The Labute approximate surface area is 113 Å². The van der Waals surface area contributed by atoms with Crippen molar-refractivity contribution in [3.05, 3.63) is 0 Å². The van der Waals surface area contributed by atoms with Crippen LogP contribution < -0.4 is 16.4 Å². The number of carbonyl (C=O) groups excluding carboxylic acids is 3. The molecule has 0 aliphatic heterocycles. The Morgan fingerprint density at radius 1 is 1.16 bits per heavy atom. The van der Waals surface area contributed by atoms with Gasteiger partial charge in [-0.05, 0) is 12.8 Å². The fraction of sp³-hybridized carbons (Fsp3) is 0.750. The van der Waals surface area contributed by atoms with Crippen molar-refractivity contribution < 1.29 is 14.4 Å². The van der Waals surface area contributed by atoms with Gasteiger partial charge >= 0.3 is 0 Å². The van der Waals surface area contributed by atoms with Crippen LogP contribution >= 0.6 is 0 Å². The summed E-state index contributed by atoms with van der Waals surface area (Å²) in [5, 5.41) is 4.87. The highest BCUT2D eigenvalue weighted by Crippen LogP contribution is 1.97. The normalized spacial score (nSPS) is 11.9. The predicted molar refractivity (Wildman–Crippen MR) is 72.1 cm³/mol. The zero-order chi connectivity index (χ0) is 15.0. The highest BCUT2D eigenvalue weighted by molar-refractivity contribution is 5.89. The van der Waals surface area contributed by atoms with Gasteiger partial charge in [-0.1, -0.05) is 13.8 Å². The second kappa shape index (κ2) is 8.47. The largest absolute Gasteiger partial charge is 0.346 e. The molecule has 0 fully saturated rings. The average molecular weight is 272 g/mol. The molecular weight excluding hydrogens is 248 g/mol. The van der Waals surface area contributed by atoms with Gasteiger partial charge in [0.05, 0.1) is 19.1 Å². The van der Waals surface area contributed by atoms with Crippen LogP contribution in [-0.4, -0.2) is 55.3 Å². The molecule has 0 aromatic heterocycles. The summed E-state index contributed by atoms with van der Waals surface area (Å²) >= 11 is 0. The van der Waals surface area contributed by atoms with Gasteiger partial charge in [0, 0.05) is 13.6 Å². The van der Waals surface area contributed by atoms with Crippen LogP contribution in [0.15, 0.2) is 0 Å². The van der Waals surface area contributed by atoms with Crippen LogP contribution in [0.4, 0.5) is 0 Å². The minimum Gasteiger partial charge on any atom is -0.346 e. The minimum absolute atomic E-state index is 0.00263. The number of hydrogen-bond donors (Lipinski definition) is 3. The summed E-state index contributed by atoms with van der Waals surface area (Å²) in [6.45, 7) is 5.81. The molecular formula is C12H24N4O3. The van der Waals surface area contributed by atoms with Crippen LogP contribution in [0, 0.1) is 5.92 Å². The second-order valence-corrected chi connectivity index (χ2v) is 4.67. The highest BCUT2D eigenvalue weighted by Gasteiger charge is 2.17. The topological polar surface area (TPSA) is 105 Å². The molecule has 4 N–H and O–H groups in total. The molecule has 110 valence electrons. The molecule has 0 aromatic carbocycles. The molecule has 1 atom stereocenters. The Balaban J connectivity index is 3.94. The van der Waals surface area contributed by atoms with E-state index >= 15 is 0 Å². The van der Waals surface area contributed by atoms with E-state index in [0.29, 0.717) is 6.54 Å². The van der Waals surface area contributed by atoms with E-state index in [-0.39, 0.29) is 30.8 Å². The van der Waals surface area contributed by atoms with Crippen molar-refractivity contribution in [2.75, 3.05) is 26.7 Å². The number of likely N-dealkylation sites (N-methyl/N-ethyl adjacent to an activating group) is 1. The van der Waals surface area contributed by atoms with Gasteiger partial charge in [-0.25, -0.2) is 0 Å². The number of nitrogens with one attached hydrogen (secondary N) is 2. The van der Waals surface area contributed by atoms with E-state index in [1.54, 1.807) is 7.05 Å². The first-order valence-corrected chi connectivity index (χ1v) is 6.33. The molecule has 0 unspecified atom stereocenters. The monoisotopic (exact) mass is 272 g/mol. The van der Waals surface area contributed by atoms with Crippen molar-refractivity contribution in [2.24, 2.45) is 11.7 Å². The molecule has 0 saturated heterocycles. The Bertz CT molecular complexity index is 331. The molecule has 7 nitrogen and oxygen atoms in total. The number of hydrogen-bond acceptors (Lipinski definition) is 4. The molecule has 0 aromatic rings. The maximum absolute atomic E-state index is 11.5. The van der Waals surface area contributed by atoms with Gasteiger partial charge in [0.25, 0.3) is 0 Å². The maximum atomic E-state index is 11.5. The van der Waals surface area contributed by atoms with Gasteiger partial charge in [0.15, 0.2) is 0 Å². The molecule has 0 saturated carbocycles. The molecule has 0 heterocycles. The quantitative estimate of drug-likeness (QED) is 0.534. The third kappa shape index (κ3) is 6.76. The lowest BCUT2D eigenvalue weighted by molar-refractivity contribution is -0.132. The van der Waals surface area contributed by atoms with Crippen LogP contribution in [-0.2, 0) is 14.4 Å². The highest BCUT2D eigenvalue weighted by atomic mass is 16.2. The molecule has 0 bridgehead atoms. The summed E-state index contributed by atoms with van der Waals surface area (Å²) in [6.07, 6.45) is 0. The van der Waals surface area contributed by atoms with E-state index in [9.17, 15) is 14.4 Å².